The van der Waals surface area contributed by atoms with Gasteiger partial charge in [-0.15, -0.1) is 0 Å². The fraction of sp³-hybridized carbons (Fsp3) is 0.462. The van der Waals surface area contributed by atoms with E-state index in [2.05, 4.69) is 10.4 Å². The maximum absolute atomic E-state index is 12.0. The van der Waals surface area contributed by atoms with Gasteiger partial charge in [-0.05, 0) is 13.8 Å². The zero-order valence-electron chi connectivity index (χ0n) is 12.6. The second kappa shape index (κ2) is 7.91. The topological polar surface area (TPSA) is 116 Å². The first-order chi connectivity index (χ1) is 10.3. The number of hydrogen-bond donors (Lipinski definition) is 1. The van der Waals surface area contributed by atoms with Crippen molar-refractivity contribution in [3.8, 4) is 0 Å². The van der Waals surface area contributed by atoms with E-state index in [0.717, 1.165) is 6.20 Å². The lowest BCUT2D eigenvalue weighted by molar-refractivity contribution is -0.385. The predicted molar refractivity (Wildman–Crippen MR) is 76.6 cm³/mol. The second-order valence-electron chi connectivity index (χ2n) is 4.65. The summed E-state index contributed by atoms with van der Waals surface area (Å²) in [6, 6.07) is 0. The van der Waals surface area contributed by atoms with Crippen molar-refractivity contribution in [2.75, 3.05) is 6.61 Å². The molecule has 0 aliphatic carbocycles. The molecule has 0 fully saturated rings. The number of allylic oxidation sites excluding steroid dienone is 1. The Hall–Kier alpha value is -2.71. The molecular weight excluding hydrogens is 292 g/mol. The Kier molecular flexibility index (Phi) is 6.24. The first-order valence-corrected chi connectivity index (χ1v) is 6.66. The Labute approximate surface area is 127 Å². The maximum Gasteiger partial charge on any atom is 0.332 e. The van der Waals surface area contributed by atoms with E-state index < -0.39 is 16.8 Å². The molecule has 1 amide bonds. The highest BCUT2D eigenvalue weighted by Gasteiger charge is 2.16. The van der Waals surface area contributed by atoms with Crippen LogP contribution in [0.5, 0.6) is 0 Å². The van der Waals surface area contributed by atoms with E-state index in [-0.39, 0.29) is 24.7 Å². The molecule has 1 rings (SSSR count). The molecule has 0 aromatic carbocycles. The molecular formula is C13H18N4O5. The molecule has 0 saturated heterocycles. The number of carbonyl (C=O) groups is 2. The van der Waals surface area contributed by atoms with Crippen LogP contribution in [0.2, 0.25) is 0 Å². The molecule has 0 aliphatic rings. The third-order valence-corrected chi connectivity index (χ3v) is 2.68. The van der Waals surface area contributed by atoms with Crippen molar-refractivity contribution in [3.05, 3.63) is 34.3 Å². The van der Waals surface area contributed by atoms with Gasteiger partial charge >= 0.3 is 11.7 Å². The summed E-state index contributed by atoms with van der Waals surface area (Å²) in [5, 5.41) is 16.9. The summed E-state index contributed by atoms with van der Waals surface area (Å²) in [6.45, 7) is 5.35. The average Bonchev–Trinajstić information content (AvgIpc) is 2.87. The van der Waals surface area contributed by atoms with E-state index in [1.54, 1.807) is 20.8 Å². The molecule has 0 spiro atoms. The minimum atomic E-state index is -0.555. The van der Waals surface area contributed by atoms with Gasteiger partial charge in [0.2, 0.25) is 5.91 Å². The second-order valence-corrected chi connectivity index (χ2v) is 4.65. The Morgan fingerprint density at radius 1 is 1.59 bits per heavy atom. The highest BCUT2D eigenvalue weighted by molar-refractivity contribution is 5.85. The number of ether oxygens (including phenoxy) is 1. The molecule has 0 bridgehead atoms. The molecule has 1 atom stereocenters. The summed E-state index contributed by atoms with van der Waals surface area (Å²) in [6.07, 6.45) is 3.56. The molecule has 0 saturated carbocycles. The molecule has 1 unspecified atom stereocenters. The molecule has 22 heavy (non-hydrogen) atoms. The van der Waals surface area contributed by atoms with Gasteiger partial charge in [-0.1, -0.05) is 6.92 Å². The number of aromatic nitrogens is 2. The number of rotatable bonds is 7. The number of hydrogen-bond acceptors (Lipinski definition) is 6. The van der Waals surface area contributed by atoms with Gasteiger partial charge in [0, 0.05) is 11.8 Å². The number of amides is 1. The molecule has 120 valence electrons. The minimum absolute atomic E-state index is 0.133. The monoisotopic (exact) mass is 310 g/mol. The first-order valence-electron chi connectivity index (χ1n) is 6.66. The molecule has 1 N–H and O–H groups in total. The van der Waals surface area contributed by atoms with Gasteiger partial charge in [0.1, 0.15) is 12.4 Å². The van der Waals surface area contributed by atoms with Crippen molar-refractivity contribution in [3.63, 3.8) is 0 Å². The van der Waals surface area contributed by atoms with Crippen LogP contribution in [-0.4, -0.2) is 33.2 Å². The Morgan fingerprint density at radius 3 is 2.82 bits per heavy atom. The number of nitro groups is 1. The lowest BCUT2D eigenvalue weighted by Crippen LogP contribution is -2.30. The zero-order chi connectivity index (χ0) is 16.7. The van der Waals surface area contributed by atoms with Crippen LogP contribution in [0.15, 0.2) is 24.2 Å². The predicted octanol–water partition coefficient (Wildman–Crippen LogP) is 1.01. The van der Waals surface area contributed by atoms with Crippen molar-refractivity contribution in [1.29, 1.82) is 0 Å². The van der Waals surface area contributed by atoms with Crippen LogP contribution in [0.3, 0.4) is 0 Å². The maximum atomic E-state index is 12.0. The third kappa shape index (κ3) is 5.35. The fourth-order valence-electron chi connectivity index (χ4n) is 1.62. The summed E-state index contributed by atoms with van der Waals surface area (Å²) in [4.78, 5) is 33.2. The molecule has 1 heterocycles. The number of esters is 1. The molecule has 1 aromatic rings. The summed E-state index contributed by atoms with van der Waals surface area (Å²) in [5.74, 6) is -1.34. The van der Waals surface area contributed by atoms with Crippen LogP contribution in [0.25, 0.3) is 0 Å². The normalized spacial score (nSPS) is 12.6. The van der Waals surface area contributed by atoms with Crippen molar-refractivity contribution < 1.29 is 19.2 Å². The van der Waals surface area contributed by atoms with E-state index in [1.807, 2.05) is 0 Å². The molecule has 9 nitrogen and oxygen atoms in total. The van der Waals surface area contributed by atoms with Crippen LogP contribution >= 0.6 is 0 Å². The van der Waals surface area contributed by atoms with Crippen LogP contribution in [0.1, 0.15) is 20.8 Å². The lowest BCUT2D eigenvalue weighted by Gasteiger charge is -2.12. The Bertz CT molecular complexity index is 593. The van der Waals surface area contributed by atoms with E-state index in [0.29, 0.717) is 5.70 Å². The summed E-state index contributed by atoms with van der Waals surface area (Å²) >= 11 is 0. The minimum Gasteiger partial charge on any atom is -0.463 e. The zero-order valence-corrected chi connectivity index (χ0v) is 12.6. The van der Waals surface area contributed by atoms with Crippen molar-refractivity contribution in [2.45, 2.75) is 27.3 Å². The van der Waals surface area contributed by atoms with Crippen molar-refractivity contribution in [2.24, 2.45) is 5.92 Å². The SMILES string of the molecule is CCOC(=O)/C=C(\C)NC(=O)C(C)Cn1cc([N+](=O)[O-])cn1. The van der Waals surface area contributed by atoms with Crippen LogP contribution in [0, 0.1) is 16.0 Å². The van der Waals surface area contributed by atoms with Gasteiger partial charge < -0.3 is 10.1 Å². The Balaban J connectivity index is 2.57. The fourth-order valence-corrected chi connectivity index (χ4v) is 1.62. The van der Waals surface area contributed by atoms with Gasteiger partial charge in [-0.2, -0.15) is 5.10 Å². The van der Waals surface area contributed by atoms with E-state index in [4.69, 9.17) is 4.74 Å². The third-order valence-electron chi connectivity index (χ3n) is 2.68. The average molecular weight is 310 g/mol. The largest absolute Gasteiger partial charge is 0.463 e. The van der Waals surface area contributed by atoms with Gasteiger partial charge in [0.05, 0.1) is 24.0 Å². The molecule has 0 radical (unpaired) electrons. The number of nitrogens with one attached hydrogen (secondary N) is 1. The van der Waals surface area contributed by atoms with Gasteiger partial charge in [-0.25, -0.2) is 4.79 Å². The van der Waals surface area contributed by atoms with Crippen molar-refractivity contribution >= 4 is 17.6 Å². The molecule has 1 aromatic heterocycles. The van der Waals surface area contributed by atoms with Crippen molar-refractivity contribution in [1.82, 2.24) is 15.1 Å². The summed E-state index contributed by atoms with van der Waals surface area (Å²) in [5.41, 5.74) is 0.229. The smallest absolute Gasteiger partial charge is 0.332 e. The van der Waals surface area contributed by atoms with E-state index >= 15 is 0 Å². The highest BCUT2D eigenvalue weighted by atomic mass is 16.6. The highest BCUT2D eigenvalue weighted by Crippen LogP contribution is 2.10. The quantitative estimate of drug-likeness (QED) is 0.348. The summed E-state index contributed by atoms with van der Waals surface area (Å²) < 4.78 is 6.06. The standard InChI is InChI=1S/C13H18N4O5/c1-4-22-12(18)5-10(3)15-13(19)9(2)7-16-8-11(6-14-16)17(20)21/h5-6,8-9H,4,7H2,1-3H3,(H,15,19)/b10-5+. The first kappa shape index (κ1) is 17.3. The molecule has 0 aliphatic heterocycles. The van der Waals surface area contributed by atoms with Crippen LogP contribution < -0.4 is 5.32 Å². The van der Waals surface area contributed by atoms with Crippen LogP contribution in [-0.2, 0) is 20.9 Å². The van der Waals surface area contributed by atoms with E-state index in [1.165, 1.54) is 17.0 Å². The lowest BCUT2D eigenvalue weighted by atomic mass is 10.1. The molecule has 9 heteroatoms. The van der Waals surface area contributed by atoms with Gasteiger partial charge in [0.15, 0.2) is 0 Å². The Morgan fingerprint density at radius 2 is 2.27 bits per heavy atom. The number of nitrogens with zero attached hydrogens (tertiary/aromatic N) is 3. The van der Waals surface area contributed by atoms with Gasteiger partial charge in [0.25, 0.3) is 0 Å². The van der Waals surface area contributed by atoms with Gasteiger partial charge in [-0.3, -0.25) is 19.6 Å². The van der Waals surface area contributed by atoms with Crippen LogP contribution in [0.4, 0.5) is 5.69 Å². The number of carbonyl (C=O) groups excluding carboxylic acids is 2. The van der Waals surface area contributed by atoms with E-state index in [9.17, 15) is 19.7 Å². The summed E-state index contributed by atoms with van der Waals surface area (Å²) in [7, 11) is 0.